The van der Waals surface area contributed by atoms with E-state index in [0.29, 0.717) is 5.92 Å². The third-order valence-electron chi connectivity index (χ3n) is 2.27. The van der Waals surface area contributed by atoms with Crippen molar-refractivity contribution in [2.75, 3.05) is 0 Å². The Morgan fingerprint density at radius 1 is 1.57 bits per heavy atom. The molecule has 1 aliphatic rings. The van der Waals surface area contributed by atoms with E-state index in [-0.39, 0.29) is 0 Å². The van der Waals surface area contributed by atoms with Crippen LogP contribution in [0.25, 0.3) is 0 Å². The first-order valence-corrected chi connectivity index (χ1v) is 5.23. The molecule has 76 valence electrons. The average Bonchev–Trinajstić information content (AvgIpc) is 2.18. The molecule has 0 aromatic carbocycles. The highest BCUT2D eigenvalue weighted by atomic mass is 14.7. The maximum absolute atomic E-state index is 4.06. The summed E-state index contributed by atoms with van der Waals surface area (Å²) in [5.74, 6) is 0.649. The molecule has 0 radical (unpaired) electrons. The molecule has 14 heavy (non-hydrogen) atoms. The Morgan fingerprint density at radius 3 is 2.93 bits per heavy atom. The van der Waals surface area contributed by atoms with E-state index in [9.17, 15) is 0 Å². The van der Waals surface area contributed by atoms with Crippen LogP contribution in [0, 0.1) is 5.92 Å². The van der Waals surface area contributed by atoms with Crippen molar-refractivity contribution in [3.63, 3.8) is 0 Å². The van der Waals surface area contributed by atoms with Gasteiger partial charge in [-0.1, -0.05) is 31.6 Å². The summed E-state index contributed by atoms with van der Waals surface area (Å²) in [6, 6.07) is 0. The molecule has 0 atom stereocenters. The molecular formula is C13H19N. The molecule has 0 N–H and O–H groups in total. The Balaban J connectivity index is 2.52. The van der Waals surface area contributed by atoms with E-state index in [1.165, 1.54) is 11.1 Å². The molecule has 0 unspecified atom stereocenters. The van der Waals surface area contributed by atoms with Crippen molar-refractivity contribution in [1.82, 2.24) is 0 Å². The van der Waals surface area contributed by atoms with Crippen molar-refractivity contribution >= 4 is 6.21 Å². The van der Waals surface area contributed by atoms with E-state index >= 15 is 0 Å². The third-order valence-corrected chi connectivity index (χ3v) is 2.27. The molecular weight excluding hydrogens is 170 g/mol. The monoisotopic (exact) mass is 189 g/mol. The third kappa shape index (κ3) is 3.73. The summed E-state index contributed by atoms with van der Waals surface area (Å²) in [6.45, 7) is 6.60. The van der Waals surface area contributed by atoms with Crippen molar-refractivity contribution in [2.45, 2.75) is 33.6 Å². The summed E-state index contributed by atoms with van der Waals surface area (Å²) >= 11 is 0. The SMILES string of the molecule is C/C(C/C=C\C(C)C)=C1\C=CN=CC1. The normalized spacial score (nSPS) is 19.7. The second-order valence-electron chi connectivity index (χ2n) is 4.03. The molecule has 0 amide bonds. The highest BCUT2D eigenvalue weighted by Crippen LogP contribution is 2.16. The lowest BCUT2D eigenvalue weighted by Crippen LogP contribution is -1.90. The van der Waals surface area contributed by atoms with Gasteiger partial charge in [0.15, 0.2) is 0 Å². The van der Waals surface area contributed by atoms with Gasteiger partial charge in [0.25, 0.3) is 0 Å². The first-order chi connectivity index (χ1) is 6.70. The van der Waals surface area contributed by atoms with Crippen LogP contribution in [-0.2, 0) is 0 Å². The summed E-state index contributed by atoms with van der Waals surface area (Å²) in [5.41, 5.74) is 2.86. The number of nitrogens with zero attached hydrogens (tertiary/aromatic N) is 1. The van der Waals surface area contributed by atoms with Gasteiger partial charge >= 0.3 is 0 Å². The van der Waals surface area contributed by atoms with Crippen LogP contribution < -0.4 is 0 Å². The van der Waals surface area contributed by atoms with Gasteiger partial charge in [0, 0.05) is 18.8 Å². The number of aliphatic imine (C=N–C) groups is 1. The molecule has 1 rings (SSSR count). The van der Waals surface area contributed by atoms with Crippen LogP contribution in [-0.4, -0.2) is 6.21 Å². The molecule has 1 nitrogen and oxygen atoms in total. The van der Waals surface area contributed by atoms with Gasteiger partial charge < -0.3 is 0 Å². The van der Waals surface area contributed by atoms with Gasteiger partial charge in [-0.3, -0.25) is 4.99 Å². The lowest BCUT2D eigenvalue weighted by Gasteiger charge is -2.06. The molecule has 0 aromatic rings. The maximum atomic E-state index is 4.06. The summed E-state index contributed by atoms with van der Waals surface area (Å²) < 4.78 is 0. The van der Waals surface area contributed by atoms with Crippen LogP contribution in [0.15, 0.2) is 40.6 Å². The Bertz CT molecular complexity index is 290. The molecule has 1 heterocycles. The lowest BCUT2D eigenvalue weighted by atomic mass is 10.0. The van der Waals surface area contributed by atoms with Crippen LogP contribution in [0.3, 0.4) is 0 Å². The molecule has 0 aliphatic carbocycles. The minimum atomic E-state index is 0.649. The number of hydrogen-bond donors (Lipinski definition) is 0. The van der Waals surface area contributed by atoms with Crippen molar-refractivity contribution in [1.29, 1.82) is 0 Å². The molecule has 1 aliphatic heterocycles. The molecule has 0 spiro atoms. The fraction of sp³-hybridized carbons (Fsp3) is 0.462. The summed E-state index contributed by atoms with van der Waals surface area (Å²) in [5, 5.41) is 0. The van der Waals surface area contributed by atoms with E-state index in [1.807, 2.05) is 12.4 Å². The van der Waals surface area contributed by atoms with Crippen LogP contribution in [0.1, 0.15) is 33.6 Å². The molecule has 1 heteroatoms. The minimum absolute atomic E-state index is 0.649. The summed E-state index contributed by atoms with van der Waals surface area (Å²) in [6.07, 6.45) is 12.5. The van der Waals surface area contributed by atoms with E-state index in [4.69, 9.17) is 0 Å². The standard InChI is InChI=1S/C13H19N/c1-11(2)5-4-6-12(3)13-7-9-14-10-8-13/h4-5,7,9-11H,6,8H2,1-3H3/b5-4-,13-12-. The zero-order chi connectivity index (χ0) is 10.4. The Morgan fingerprint density at radius 2 is 2.36 bits per heavy atom. The number of allylic oxidation sites excluding steroid dienone is 5. The van der Waals surface area contributed by atoms with Crippen LogP contribution in [0.4, 0.5) is 0 Å². The second-order valence-corrected chi connectivity index (χ2v) is 4.03. The lowest BCUT2D eigenvalue weighted by molar-refractivity contribution is 0.826. The maximum Gasteiger partial charge on any atom is 0.0266 e. The Labute approximate surface area is 86.9 Å². The zero-order valence-corrected chi connectivity index (χ0v) is 9.33. The van der Waals surface area contributed by atoms with Gasteiger partial charge in [-0.2, -0.15) is 0 Å². The van der Waals surface area contributed by atoms with Gasteiger partial charge in [-0.15, -0.1) is 0 Å². The molecule has 0 fully saturated rings. The fourth-order valence-corrected chi connectivity index (χ4v) is 1.38. The van der Waals surface area contributed by atoms with Gasteiger partial charge in [-0.05, 0) is 30.9 Å². The van der Waals surface area contributed by atoms with E-state index in [0.717, 1.165) is 12.8 Å². The predicted octanol–water partition coefficient (Wildman–Crippen LogP) is 3.89. The highest BCUT2D eigenvalue weighted by molar-refractivity contribution is 5.65. The Kier molecular flexibility index (Phi) is 4.37. The van der Waals surface area contributed by atoms with Crippen molar-refractivity contribution in [3.8, 4) is 0 Å². The summed E-state index contributed by atoms with van der Waals surface area (Å²) in [4.78, 5) is 4.06. The molecule has 0 saturated heterocycles. The highest BCUT2D eigenvalue weighted by Gasteiger charge is 1.99. The molecule has 0 bridgehead atoms. The van der Waals surface area contributed by atoms with Gasteiger partial charge in [0.1, 0.15) is 0 Å². The molecule has 0 saturated carbocycles. The number of rotatable bonds is 3. The molecule has 0 aromatic heterocycles. The van der Waals surface area contributed by atoms with E-state index in [1.54, 1.807) is 0 Å². The first-order valence-electron chi connectivity index (χ1n) is 5.23. The minimum Gasteiger partial charge on any atom is -0.269 e. The predicted molar refractivity (Wildman–Crippen MR) is 63.5 cm³/mol. The topological polar surface area (TPSA) is 12.4 Å². The van der Waals surface area contributed by atoms with Crippen LogP contribution in [0.5, 0.6) is 0 Å². The van der Waals surface area contributed by atoms with Crippen LogP contribution in [0.2, 0.25) is 0 Å². The fourth-order valence-electron chi connectivity index (χ4n) is 1.38. The number of hydrogen-bond acceptors (Lipinski definition) is 1. The van der Waals surface area contributed by atoms with Crippen molar-refractivity contribution < 1.29 is 0 Å². The van der Waals surface area contributed by atoms with Crippen molar-refractivity contribution in [2.24, 2.45) is 10.9 Å². The largest absolute Gasteiger partial charge is 0.269 e. The average molecular weight is 189 g/mol. The first kappa shape index (κ1) is 11.0. The Hall–Kier alpha value is -1.11. The summed E-state index contributed by atoms with van der Waals surface area (Å²) in [7, 11) is 0. The quantitative estimate of drug-likeness (QED) is 0.597. The van der Waals surface area contributed by atoms with E-state index < -0.39 is 0 Å². The zero-order valence-electron chi connectivity index (χ0n) is 9.33. The smallest absolute Gasteiger partial charge is 0.0266 e. The van der Waals surface area contributed by atoms with Gasteiger partial charge in [0.2, 0.25) is 0 Å². The van der Waals surface area contributed by atoms with Gasteiger partial charge in [-0.25, -0.2) is 0 Å². The van der Waals surface area contributed by atoms with E-state index in [2.05, 4.69) is 44.0 Å². The van der Waals surface area contributed by atoms with Gasteiger partial charge in [0.05, 0.1) is 0 Å². The van der Waals surface area contributed by atoms with Crippen molar-refractivity contribution in [3.05, 3.63) is 35.6 Å². The second kappa shape index (κ2) is 5.58. The van der Waals surface area contributed by atoms with Crippen LogP contribution >= 0.6 is 0 Å².